The summed E-state index contributed by atoms with van der Waals surface area (Å²) in [6, 6.07) is 29.6. The summed E-state index contributed by atoms with van der Waals surface area (Å²) >= 11 is 7.33. The second kappa shape index (κ2) is 11.3. The van der Waals surface area contributed by atoms with Gasteiger partial charge in [0.2, 0.25) is 0 Å². The van der Waals surface area contributed by atoms with Crippen molar-refractivity contribution in [1.82, 2.24) is 0 Å². The van der Waals surface area contributed by atoms with E-state index >= 15 is 0 Å². The molecule has 0 atom stereocenters. The van der Waals surface area contributed by atoms with E-state index in [1.807, 2.05) is 48.5 Å². The van der Waals surface area contributed by atoms with Crippen LogP contribution in [-0.4, -0.2) is 5.91 Å². The number of carbonyl (C=O) groups excluding carboxylic acids is 1. The van der Waals surface area contributed by atoms with Gasteiger partial charge in [-0.05, 0) is 66.2 Å². The molecule has 34 heavy (non-hydrogen) atoms. The van der Waals surface area contributed by atoms with Crippen LogP contribution in [0.5, 0.6) is 5.75 Å². The first-order valence-electron chi connectivity index (χ1n) is 10.3. The van der Waals surface area contributed by atoms with E-state index in [4.69, 9.17) is 20.8 Å². The lowest BCUT2D eigenvalue weighted by atomic mass is 10.2. The van der Waals surface area contributed by atoms with Crippen LogP contribution in [0.4, 0.5) is 5.69 Å². The van der Waals surface area contributed by atoms with E-state index in [0.717, 1.165) is 10.5 Å². The minimum atomic E-state index is -0.524. The van der Waals surface area contributed by atoms with Crippen LogP contribution in [0.3, 0.4) is 0 Å². The first-order chi connectivity index (χ1) is 16.6. The highest BCUT2D eigenvalue weighted by Gasteiger charge is 2.12. The fourth-order valence-corrected chi connectivity index (χ4v) is 3.85. The molecule has 0 aliphatic carbocycles. The lowest BCUT2D eigenvalue weighted by Crippen LogP contribution is -2.13. The highest BCUT2D eigenvalue weighted by atomic mass is 35.5. The number of carbonyl (C=O) groups is 1. The molecule has 1 aromatic heterocycles. The van der Waals surface area contributed by atoms with E-state index in [1.54, 1.807) is 48.5 Å². The summed E-state index contributed by atoms with van der Waals surface area (Å²) in [6.45, 7) is 0.454. The number of hydrogen-bond acceptors (Lipinski definition) is 5. The summed E-state index contributed by atoms with van der Waals surface area (Å²) in [4.78, 5) is 13.5. The van der Waals surface area contributed by atoms with Crippen molar-refractivity contribution in [3.8, 4) is 11.8 Å². The first-order valence-corrected chi connectivity index (χ1v) is 11.5. The van der Waals surface area contributed by atoms with Gasteiger partial charge in [0, 0.05) is 21.7 Å². The highest BCUT2D eigenvalue weighted by molar-refractivity contribution is 7.99. The molecule has 1 N–H and O–H groups in total. The molecule has 0 aliphatic rings. The molecular formula is C27H19ClN2O3S. The van der Waals surface area contributed by atoms with Crippen LogP contribution in [0.15, 0.2) is 111 Å². The lowest BCUT2D eigenvalue weighted by Gasteiger charge is -2.08. The van der Waals surface area contributed by atoms with Crippen LogP contribution in [0.25, 0.3) is 6.08 Å². The van der Waals surface area contributed by atoms with Gasteiger partial charge in [-0.25, -0.2) is 0 Å². The predicted octanol–water partition coefficient (Wildman–Crippen LogP) is 7.21. The molecule has 0 fully saturated rings. The van der Waals surface area contributed by atoms with E-state index in [1.165, 1.54) is 17.8 Å². The quantitative estimate of drug-likeness (QED) is 0.210. The second-order valence-electron chi connectivity index (χ2n) is 7.14. The normalized spacial score (nSPS) is 11.0. The van der Waals surface area contributed by atoms with Crippen molar-refractivity contribution < 1.29 is 13.9 Å². The topological polar surface area (TPSA) is 75.3 Å². The number of hydrogen-bond donors (Lipinski definition) is 1. The molecule has 1 heterocycles. The maximum Gasteiger partial charge on any atom is 0.266 e. The number of benzene rings is 3. The standard InChI is InChI=1S/C27H19ClN2O3S/c28-21-6-13-25(14-7-21)34-26-15-12-24(33-26)16-20(17-29)27(31)30-22-8-10-23(11-9-22)32-18-19-4-2-1-3-5-19/h1-16H,18H2,(H,30,31)/b20-16+. The number of rotatable bonds is 8. The molecule has 0 saturated heterocycles. The van der Waals surface area contributed by atoms with Crippen LogP contribution in [0.1, 0.15) is 11.3 Å². The molecule has 3 aromatic carbocycles. The zero-order valence-corrected chi connectivity index (χ0v) is 19.5. The van der Waals surface area contributed by atoms with Crippen molar-refractivity contribution >= 4 is 41.0 Å². The fourth-order valence-electron chi connectivity index (χ4n) is 2.95. The number of nitriles is 1. The van der Waals surface area contributed by atoms with Gasteiger partial charge < -0.3 is 14.5 Å². The third-order valence-electron chi connectivity index (χ3n) is 4.65. The van der Waals surface area contributed by atoms with Crippen LogP contribution >= 0.6 is 23.4 Å². The van der Waals surface area contributed by atoms with Gasteiger partial charge in [-0.3, -0.25) is 4.79 Å². The first kappa shape index (κ1) is 23.2. The lowest BCUT2D eigenvalue weighted by molar-refractivity contribution is -0.112. The predicted molar refractivity (Wildman–Crippen MR) is 134 cm³/mol. The molecule has 0 unspecified atom stereocenters. The summed E-state index contributed by atoms with van der Waals surface area (Å²) in [6.07, 6.45) is 1.42. The van der Waals surface area contributed by atoms with E-state index in [9.17, 15) is 10.1 Å². The molecule has 4 rings (SSSR count). The number of nitrogens with zero attached hydrogens (tertiary/aromatic N) is 1. The van der Waals surface area contributed by atoms with Gasteiger partial charge in [0.1, 0.15) is 29.8 Å². The van der Waals surface area contributed by atoms with E-state index in [-0.39, 0.29) is 5.57 Å². The molecule has 0 bridgehead atoms. The van der Waals surface area contributed by atoms with Gasteiger partial charge in [0.05, 0.1) is 0 Å². The number of nitrogens with one attached hydrogen (secondary N) is 1. The van der Waals surface area contributed by atoms with Crippen LogP contribution < -0.4 is 10.1 Å². The average Bonchev–Trinajstić information content (AvgIpc) is 3.31. The number of amides is 1. The van der Waals surface area contributed by atoms with Gasteiger partial charge in [-0.15, -0.1) is 0 Å². The fraction of sp³-hybridized carbons (Fsp3) is 0.0370. The molecule has 5 nitrogen and oxygen atoms in total. The molecule has 168 valence electrons. The third kappa shape index (κ3) is 6.55. The Hall–Kier alpha value is -3.92. The van der Waals surface area contributed by atoms with Gasteiger partial charge in [0.25, 0.3) is 5.91 Å². The van der Waals surface area contributed by atoms with Crippen molar-refractivity contribution in [2.75, 3.05) is 5.32 Å². The molecule has 0 spiro atoms. The van der Waals surface area contributed by atoms with Crippen LogP contribution in [-0.2, 0) is 11.4 Å². The van der Waals surface area contributed by atoms with Gasteiger partial charge in [-0.1, -0.05) is 53.7 Å². The number of furan rings is 1. The number of ether oxygens (including phenoxy) is 1. The Bertz CT molecular complexity index is 1330. The second-order valence-corrected chi connectivity index (χ2v) is 8.65. The Balaban J connectivity index is 1.35. The summed E-state index contributed by atoms with van der Waals surface area (Å²) in [5, 5.41) is 13.5. The SMILES string of the molecule is N#C/C(=C\c1ccc(Sc2ccc(Cl)cc2)o1)C(=O)Nc1ccc(OCc2ccccc2)cc1. The minimum absolute atomic E-state index is 0.0678. The summed E-state index contributed by atoms with van der Waals surface area (Å²) in [5.41, 5.74) is 1.55. The molecule has 1 amide bonds. The largest absolute Gasteiger partial charge is 0.489 e. The van der Waals surface area contributed by atoms with Crippen molar-refractivity contribution in [3.63, 3.8) is 0 Å². The van der Waals surface area contributed by atoms with Crippen LogP contribution in [0, 0.1) is 11.3 Å². The highest BCUT2D eigenvalue weighted by Crippen LogP contribution is 2.30. The molecule has 0 aliphatic heterocycles. The van der Waals surface area contributed by atoms with Gasteiger partial charge >= 0.3 is 0 Å². The average molecular weight is 487 g/mol. The van der Waals surface area contributed by atoms with E-state index < -0.39 is 5.91 Å². The molecular weight excluding hydrogens is 468 g/mol. The van der Waals surface area contributed by atoms with Crippen molar-refractivity contribution in [2.45, 2.75) is 16.6 Å². The molecule has 0 radical (unpaired) electrons. The van der Waals surface area contributed by atoms with Crippen LogP contribution in [0.2, 0.25) is 5.02 Å². The molecule has 4 aromatic rings. The Labute approximate surface area is 206 Å². The number of halogens is 1. The van der Waals surface area contributed by atoms with Crippen molar-refractivity contribution in [2.24, 2.45) is 0 Å². The smallest absolute Gasteiger partial charge is 0.266 e. The molecule has 7 heteroatoms. The van der Waals surface area contributed by atoms with Gasteiger partial charge in [-0.2, -0.15) is 5.26 Å². The zero-order valence-electron chi connectivity index (χ0n) is 17.9. The maximum absolute atomic E-state index is 12.6. The summed E-state index contributed by atoms with van der Waals surface area (Å²) in [7, 11) is 0. The minimum Gasteiger partial charge on any atom is -0.489 e. The Morgan fingerprint density at radius 3 is 2.44 bits per heavy atom. The number of anilines is 1. The van der Waals surface area contributed by atoms with Crippen molar-refractivity contribution in [3.05, 3.63) is 113 Å². The Morgan fingerprint density at radius 1 is 1.00 bits per heavy atom. The van der Waals surface area contributed by atoms with E-state index in [0.29, 0.717) is 33.9 Å². The van der Waals surface area contributed by atoms with Gasteiger partial charge in [0.15, 0.2) is 5.09 Å². The van der Waals surface area contributed by atoms with Crippen molar-refractivity contribution in [1.29, 1.82) is 5.26 Å². The Kier molecular flexibility index (Phi) is 7.71. The maximum atomic E-state index is 12.6. The summed E-state index contributed by atoms with van der Waals surface area (Å²) in [5.74, 6) is 0.566. The molecule has 0 saturated carbocycles. The monoisotopic (exact) mass is 486 g/mol. The third-order valence-corrected chi connectivity index (χ3v) is 5.83. The van der Waals surface area contributed by atoms with E-state index in [2.05, 4.69) is 5.32 Å². The zero-order chi connectivity index (χ0) is 23.8. The Morgan fingerprint density at radius 2 is 1.74 bits per heavy atom. The summed E-state index contributed by atoms with van der Waals surface area (Å²) < 4.78 is 11.5.